The average Bonchev–Trinajstić information content (AvgIpc) is 2.17. The second kappa shape index (κ2) is 5.12. The number of benzene rings is 1. The molecule has 0 saturated heterocycles. The molecule has 1 rings (SSSR count). The van der Waals surface area contributed by atoms with Crippen LogP contribution in [-0.4, -0.2) is 0 Å². The third-order valence-corrected chi connectivity index (χ3v) is 1.83. The van der Waals surface area contributed by atoms with Crippen LogP contribution in [0.2, 0.25) is 0 Å². The average molecular weight is 188 g/mol. The molecule has 1 aromatic rings. The Morgan fingerprint density at radius 2 is 2.14 bits per heavy atom. The molecule has 0 aromatic heterocycles. The van der Waals surface area contributed by atoms with Crippen LogP contribution in [0.5, 0.6) is 0 Å². The Morgan fingerprint density at radius 1 is 1.36 bits per heavy atom. The van der Waals surface area contributed by atoms with E-state index in [9.17, 15) is 0 Å². The van der Waals surface area contributed by atoms with Crippen LogP contribution in [-0.2, 0) is 0 Å². The van der Waals surface area contributed by atoms with Crippen molar-refractivity contribution in [3.63, 3.8) is 0 Å². The summed E-state index contributed by atoms with van der Waals surface area (Å²) in [4.78, 5) is 0. The molecule has 0 aliphatic rings. The monoisotopic (exact) mass is 188 g/mol. The number of nitrogens with two attached hydrogens (primary N) is 1. The molecule has 2 nitrogen and oxygen atoms in total. The van der Waals surface area contributed by atoms with Crippen LogP contribution >= 0.6 is 0 Å². The van der Waals surface area contributed by atoms with E-state index in [1.54, 1.807) is 0 Å². The lowest BCUT2D eigenvalue weighted by molar-refractivity contribution is 1.43. The highest BCUT2D eigenvalue weighted by atomic mass is 14.9. The van der Waals surface area contributed by atoms with Crippen LogP contribution in [0.1, 0.15) is 13.8 Å². The lowest BCUT2D eigenvalue weighted by Gasteiger charge is -2.07. The predicted molar refractivity (Wildman–Crippen MR) is 63.0 cm³/mol. The molecule has 0 fully saturated rings. The van der Waals surface area contributed by atoms with Gasteiger partial charge >= 0.3 is 0 Å². The lowest BCUT2D eigenvalue weighted by Crippen LogP contribution is -1.96. The van der Waals surface area contributed by atoms with E-state index in [0.29, 0.717) is 0 Å². The molecule has 0 spiro atoms. The highest BCUT2D eigenvalue weighted by Crippen LogP contribution is 2.14. The van der Waals surface area contributed by atoms with Gasteiger partial charge in [0.1, 0.15) is 0 Å². The quantitative estimate of drug-likeness (QED) is 0.565. The van der Waals surface area contributed by atoms with Crippen LogP contribution in [0.3, 0.4) is 0 Å². The SMILES string of the molecule is C/C=C\C(=C/C)Nc1cccc(N)c1. The van der Waals surface area contributed by atoms with Crippen LogP contribution < -0.4 is 11.1 Å². The molecule has 0 aliphatic heterocycles. The fraction of sp³-hybridized carbons (Fsp3) is 0.167. The molecule has 0 saturated carbocycles. The second-order valence-electron chi connectivity index (χ2n) is 2.99. The van der Waals surface area contributed by atoms with Gasteiger partial charge in [0.2, 0.25) is 0 Å². The van der Waals surface area contributed by atoms with Crippen molar-refractivity contribution < 1.29 is 0 Å². The molecule has 0 atom stereocenters. The topological polar surface area (TPSA) is 38.0 Å². The van der Waals surface area contributed by atoms with Crippen LogP contribution in [0.15, 0.2) is 48.2 Å². The summed E-state index contributed by atoms with van der Waals surface area (Å²) >= 11 is 0. The number of nitrogen functional groups attached to an aromatic ring is 1. The zero-order chi connectivity index (χ0) is 10.4. The largest absolute Gasteiger partial charge is 0.399 e. The normalized spacial score (nSPS) is 12.0. The van der Waals surface area contributed by atoms with E-state index in [4.69, 9.17) is 5.73 Å². The van der Waals surface area contributed by atoms with Crippen molar-refractivity contribution in [2.45, 2.75) is 13.8 Å². The van der Waals surface area contributed by atoms with E-state index in [2.05, 4.69) is 5.32 Å². The first-order valence-corrected chi connectivity index (χ1v) is 4.68. The summed E-state index contributed by atoms with van der Waals surface area (Å²) in [6.07, 6.45) is 6.03. The summed E-state index contributed by atoms with van der Waals surface area (Å²) in [5.74, 6) is 0. The molecule has 3 N–H and O–H groups in total. The maximum atomic E-state index is 5.67. The van der Waals surface area contributed by atoms with Gasteiger partial charge in [0.25, 0.3) is 0 Å². The minimum atomic E-state index is 0.769. The van der Waals surface area contributed by atoms with Crippen molar-refractivity contribution in [2.75, 3.05) is 11.1 Å². The molecule has 0 unspecified atom stereocenters. The number of anilines is 2. The minimum absolute atomic E-state index is 0.769. The first-order chi connectivity index (χ1) is 6.76. The Hall–Kier alpha value is -1.70. The van der Waals surface area contributed by atoms with Gasteiger partial charge in [-0.15, -0.1) is 0 Å². The van der Waals surface area contributed by atoms with Gasteiger partial charge in [0.05, 0.1) is 0 Å². The van der Waals surface area contributed by atoms with Gasteiger partial charge in [0.15, 0.2) is 0 Å². The smallest absolute Gasteiger partial charge is 0.0404 e. The summed E-state index contributed by atoms with van der Waals surface area (Å²) in [6, 6.07) is 7.70. The maximum absolute atomic E-state index is 5.67. The van der Waals surface area contributed by atoms with E-state index in [1.807, 2.05) is 56.3 Å². The Balaban J connectivity index is 2.77. The summed E-state index contributed by atoms with van der Waals surface area (Å²) in [7, 11) is 0. The van der Waals surface area contributed by atoms with Crippen molar-refractivity contribution >= 4 is 11.4 Å². The van der Waals surface area contributed by atoms with Crippen molar-refractivity contribution in [3.05, 3.63) is 48.2 Å². The number of allylic oxidation sites excluding steroid dienone is 3. The van der Waals surface area contributed by atoms with Gasteiger partial charge in [0, 0.05) is 17.1 Å². The Morgan fingerprint density at radius 3 is 2.71 bits per heavy atom. The lowest BCUT2D eigenvalue weighted by atomic mass is 10.2. The summed E-state index contributed by atoms with van der Waals surface area (Å²) in [5, 5.41) is 3.26. The van der Waals surface area contributed by atoms with Gasteiger partial charge < -0.3 is 11.1 Å². The molecule has 1 aromatic carbocycles. The second-order valence-corrected chi connectivity index (χ2v) is 2.99. The fourth-order valence-corrected chi connectivity index (χ4v) is 1.17. The summed E-state index contributed by atoms with van der Waals surface area (Å²) in [5.41, 5.74) is 8.52. The van der Waals surface area contributed by atoms with E-state index in [-0.39, 0.29) is 0 Å². The molecule has 0 bridgehead atoms. The van der Waals surface area contributed by atoms with Gasteiger partial charge in [-0.3, -0.25) is 0 Å². The molecule has 74 valence electrons. The van der Waals surface area contributed by atoms with E-state index in [1.165, 1.54) is 0 Å². The zero-order valence-electron chi connectivity index (χ0n) is 8.62. The van der Waals surface area contributed by atoms with Gasteiger partial charge in [-0.05, 0) is 38.1 Å². The number of nitrogens with one attached hydrogen (secondary N) is 1. The number of rotatable bonds is 3. The number of hydrogen-bond donors (Lipinski definition) is 2. The molecule has 14 heavy (non-hydrogen) atoms. The Bertz CT molecular complexity index is 351. The molecule has 0 radical (unpaired) electrons. The summed E-state index contributed by atoms with van der Waals surface area (Å²) < 4.78 is 0. The minimum Gasteiger partial charge on any atom is -0.399 e. The fourth-order valence-electron chi connectivity index (χ4n) is 1.17. The maximum Gasteiger partial charge on any atom is 0.0404 e. The van der Waals surface area contributed by atoms with Crippen molar-refractivity contribution in [1.82, 2.24) is 0 Å². The third kappa shape index (κ3) is 2.98. The standard InChI is InChI=1S/C12H16N2/c1-3-6-11(4-2)14-12-8-5-7-10(13)9-12/h3-9,14H,13H2,1-2H3/b6-3-,11-4+. The Labute approximate surface area is 85.1 Å². The van der Waals surface area contributed by atoms with Gasteiger partial charge in [-0.1, -0.05) is 18.2 Å². The first-order valence-electron chi connectivity index (χ1n) is 4.68. The third-order valence-electron chi connectivity index (χ3n) is 1.83. The molecular weight excluding hydrogens is 172 g/mol. The highest BCUT2D eigenvalue weighted by Gasteiger charge is 1.93. The van der Waals surface area contributed by atoms with E-state index < -0.39 is 0 Å². The Kier molecular flexibility index (Phi) is 3.80. The molecule has 0 amide bonds. The molecular formula is C12H16N2. The van der Waals surface area contributed by atoms with Crippen molar-refractivity contribution in [1.29, 1.82) is 0 Å². The molecule has 0 aliphatic carbocycles. The first kappa shape index (κ1) is 10.4. The zero-order valence-corrected chi connectivity index (χ0v) is 8.62. The molecule has 0 heterocycles. The number of hydrogen-bond acceptors (Lipinski definition) is 2. The van der Waals surface area contributed by atoms with Gasteiger partial charge in [-0.25, -0.2) is 0 Å². The summed E-state index contributed by atoms with van der Waals surface area (Å²) in [6.45, 7) is 3.99. The highest BCUT2D eigenvalue weighted by molar-refractivity contribution is 5.57. The van der Waals surface area contributed by atoms with Crippen molar-refractivity contribution in [2.24, 2.45) is 0 Å². The van der Waals surface area contributed by atoms with Gasteiger partial charge in [-0.2, -0.15) is 0 Å². The predicted octanol–water partition coefficient (Wildman–Crippen LogP) is 3.16. The van der Waals surface area contributed by atoms with E-state index >= 15 is 0 Å². The van der Waals surface area contributed by atoms with Crippen LogP contribution in [0.4, 0.5) is 11.4 Å². The van der Waals surface area contributed by atoms with Crippen LogP contribution in [0.25, 0.3) is 0 Å². The molecule has 2 heteroatoms. The van der Waals surface area contributed by atoms with E-state index in [0.717, 1.165) is 17.1 Å². The van der Waals surface area contributed by atoms with Crippen molar-refractivity contribution in [3.8, 4) is 0 Å². The van der Waals surface area contributed by atoms with Crippen LogP contribution in [0, 0.1) is 0 Å².